The van der Waals surface area contributed by atoms with Gasteiger partial charge in [0.1, 0.15) is 0 Å². The van der Waals surface area contributed by atoms with Crippen molar-refractivity contribution in [1.29, 1.82) is 0 Å². The fourth-order valence-corrected chi connectivity index (χ4v) is 1.60. The maximum Gasteiger partial charge on any atom is 0.197 e. The van der Waals surface area contributed by atoms with Crippen LogP contribution in [0.15, 0.2) is 0 Å². The van der Waals surface area contributed by atoms with E-state index in [4.69, 9.17) is 10.6 Å². The highest BCUT2D eigenvalue weighted by molar-refractivity contribution is 7.15. The molecule has 0 spiro atoms. The molecule has 0 radical (unpaired) electrons. The molecule has 0 aliphatic heterocycles. The maximum absolute atomic E-state index is 5.19. The predicted octanol–water partition coefficient (Wildman–Crippen LogP) is 0.884. The summed E-state index contributed by atoms with van der Waals surface area (Å²) in [7, 11) is 1.66. The second-order valence-corrected chi connectivity index (χ2v) is 3.19. The molecule has 0 aliphatic carbocycles. The molecule has 1 heterocycles. The van der Waals surface area contributed by atoms with Crippen molar-refractivity contribution in [2.24, 2.45) is 5.84 Å². The number of nitrogens with zero attached hydrogens (tertiary/aromatic N) is 1. The zero-order valence-electron chi connectivity index (χ0n) is 6.55. The number of methoxy groups -OCH3 is 1. The lowest BCUT2D eigenvalue weighted by Gasteiger charge is -1.92. The Morgan fingerprint density at radius 3 is 2.91 bits per heavy atom. The van der Waals surface area contributed by atoms with Gasteiger partial charge in [-0.05, 0) is 6.92 Å². The highest BCUT2D eigenvalue weighted by Crippen LogP contribution is 2.21. The Hall–Kier alpha value is -0.650. The van der Waals surface area contributed by atoms with Gasteiger partial charge in [-0.2, -0.15) is 0 Å². The number of nitrogens with one attached hydrogen (secondary N) is 1. The SMILES string of the molecule is COCc1sc(NN)nc1C. The third-order valence-electron chi connectivity index (χ3n) is 1.29. The molecule has 0 saturated carbocycles. The predicted molar refractivity (Wildman–Crippen MR) is 45.4 cm³/mol. The van der Waals surface area contributed by atoms with Gasteiger partial charge in [0.2, 0.25) is 0 Å². The van der Waals surface area contributed by atoms with Crippen LogP contribution in [0.25, 0.3) is 0 Å². The van der Waals surface area contributed by atoms with Gasteiger partial charge in [0.25, 0.3) is 0 Å². The molecule has 1 rings (SSSR count). The van der Waals surface area contributed by atoms with Crippen molar-refractivity contribution in [3.05, 3.63) is 10.6 Å². The van der Waals surface area contributed by atoms with E-state index in [9.17, 15) is 0 Å². The van der Waals surface area contributed by atoms with Crippen LogP contribution in [0, 0.1) is 6.92 Å². The summed E-state index contributed by atoms with van der Waals surface area (Å²) >= 11 is 1.51. The van der Waals surface area contributed by atoms with E-state index < -0.39 is 0 Å². The Morgan fingerprint density at radius 1 is 1.73 bits per heavy atom. The van der Waals surface area contributed by atoms with Crippen LogP contribution in [0.4, 0.5) is 5.13 Å². The summed E-state index contributed by atoms with van der Waals surface area (Å²) in [6.45, 7) is 2.54. The molecule has 5 heteroatoms. The zero-order valence-corrected chi connectivity index (χ0v) is 7.36. The summed E-state index contributed by atoms with van der Waals surface area (Å²) in [6, 6.07) is 0. The van der Waals surface area contributed by atoms with Crippen molar-refractivity contribution in [2.45, 2.75) is 13.5 Å². The van der Waals surface area contributed by atoms with Crippen LogP contribution in [0.3, 0.4) is 0 Å². The Bertz CT molecular complexity index is 236. The first-order valence-corrected chi connectivity index (χ1v) is 4.01. The second kappa shape index (κ2) is 3.66. The molecular formula is C6H11N3OS. The minimum Gasteiger partial charge on any atom is -0.379 e. The van der Waals surface area contributed by atoms with Gasteiger partial charge in [-0.25, -0.2) is 10.8 Å². The van der Waals surface area contributed by atoms with E-state index in [1.165, 1.54) is 11.3 Å². The summed E-state index contributed by atoms with van der Waals surface area (Å²) in [5.41, 5.74) is 3.48. The van der Waals surface area contributed by atoms with Gasteiger partial charge in [-0.15, -0.1) is 0 Å². The van der Waals surface area contributed by atoms with Crippen LogP contribution in [0.5, 0.6) is 0 Å². The highest BCUT2D eigenvalue weighted by atomic mass is 32.1. The number of nitrogen functional groups attached to an aromatic ring is 1. The van der Waals surface area contributed by atoms with E-state index in [1.54, 1.807) is 7.11 Å². The van der Waals surface area contributed by atoms with Crippen LogP contribution in [-0.2, 0) is 11.3 Å². The molecule has 1 aromatic rings. The fourth-order valence-electron chi connectivity index (χ4n) is 0.755. The smallest absolute Gasteiger partial charge is 0.197 e. The normalized spacial score (nSPS) is 10.1. The number of rotatable bonds is 3. The first kappa shape index (κ1) is 8.45. The van der Waals surface area contributed by atoms with Crippen molar-refractivity contribution >= 4 is 16.5 Å². The first-order valence-electron chi connectivity index (χ1n) is 3.19. The molecule has 0 aliphatic rings. The summed E-state index contributed by atoms with van der Waals surface area (Å²) in [5.74, 6) is 5.19. The van der Waals surface area contributed by atoms with Crippen molar-refractivity contribution in [1.82, 2.24) is 4.98 Å². The van der Waals surface area contributed by atoms with E-state index in [0.717, 1.165) is 15.7 Å². The Morgan fingerprint density at radius 2 is 2.45 bits per heavy atom. The van der Waals surface area contributed by atoms with Gasteiger partial charge in [-0.3, -0.25) is 5.43 Å². The summed E-state index contributed by atoms with van der Waals surface area (Å²) in [6.07, 6.45) is 0. The number of hydrazine groups is 1. The number of anilines is 1. The molecule has 0 unspecified atom stereocenters. The number of aromatic nitrogens is 1. The number of ether oxygens (including phenoxy) is 1. The lowest BCUT2D eigenvalue weighted by atomic mass is 10.4. The second-order valence-electron chi connectivity index (χ2n) is 2.10. The molecule has 0 aromatic carbocycles. The van der Waals surface area contributed by atoms with Crippen LogP contribution < -0.4 is 11.3 Å². The lowest BCUT2D eigenvalue weighted by molar-refractivity contribution is 0.187. The largest absolute Gasteiger partial charge is 0.379 e. The van der Waals surface area contributed by atoms with E-state index in [-0.39, 0.29) is 0 Å². The minimum absolute atomic E-state index is 0.602. The van der Waals surface area contributed by atoms with Gasteiger partial charge >= 0.3 is 0 Å². The van der Waals surface area contributed by atoms with Crippen LogP contribution >= 0.6 is 11.3 Å². The van der Waals surface area contributed by atoms with Crippen molar-refractivity contribution in [3.63, 3.8) is 0 Å². The standard InChI is InChI=1S/C6H11N3OS/c1-4-5(3-10-2)11-6(8-4)9-7/h3,7H2,1-2H3,(H,8,9). The minimum atomic E-state index is 0.602. The summed E-state index contributed by atoms with van der Waals surface area (Å²) in [4.78, 5) is 5.26. The van der Waals surface area contributed by atoms with Gasteiger partial charge in [0.05, 0.1) is 17.2 Å². The van der Waals surface area contributed by atoms with Crippen LogP contribution in [0.2, 0.25) is 0 Å². The topological polar surface area (TPSA) is 60.2 Å². The van der Waals surface area contributed by atoms with Gasteiger partial charge < -0.3 is 4.74 Å². The van der Waals surface area contributed by atoms with E-state index in [1.807, 2.05) is 6.92 Å². The van der Waals surface area contributed by atoms with Crippen molar-refractivity contribution in [3.8, 4) is 0 Å². The van der Waals surface area contributed by atoms with Crippen LogP contribution in [-0.4, -0.2) is 12.1 Å². The van der Waals surface area contributed by atoms with E-state index >= 15 is 0 Å². The maximum atomic E-state index is 5.19. The molecule has 11 heavy (non-hydrogen) atoms. The van der Waals surface area contributed by atoms with Gasteiger partial charge in [-0.1, -0.05) is 11.3 Å². The average Bonchev–Trinajstić information content (AvgIpc) is 2.33. The molecule has 0 atom stereocenters. The quantitative estimate of drug-likeness (QED) is 0.526. The highest BCUT2D eigenvalue weighted by Gasteiger charge is 2.04. The molecule has 0 bridgehead atoms. The Labute approximate surface area is 69.4 Å². The monoisotopic (exact) mass is 173 g/mol. The average molecular weight is 173 g/mol. The summed E-state index contributed by atoms with van der Waals surface area (Å²) in [5, 5.41) is 0.731. The molecule has 0 amide bonds. The number of hydrogen-bond acceptors (Lipinski definition) is 5. The Balaban J connectivity index is 2.79. The first-order chi connectivity index (χ1) is 5.27. The molecule has 62 valence electrons. The molecule has 4 nitrogen and oxygen atoms in total. The number of thiazole rings is 1. The van der Waals surface area contributed by atoms with Crippen molar-refractivity contribution < 1.29 is 4.74 Å². The molecule has 0 saturated heterocycles. The van der Waals surface area contributed by atoms with Gasteiger partial charge in [0.15, 0.2) is 5.13 Å². The van der Waals surface area contributed by atoms with Crippen LogP contribution in [0.1, 0.15) is 10.6 Å². The molecular weight excluding hydrogens is 162 g/mol. The Kier molecular flexibility index (Phi) is 2.81. The molecule has 3 N–H and O–H groups in total. The van der Waals surface area contributed by atoms with Crippen molar-refractivity contribution in [2.75, 3.05) is 12.5 Å². The fraction of sp³-hybridized carbons (Fsp3) is 0.500. The number of aryl methyl sites for hydroxylation is 1. The third kappa shape index (κ3) is 1.89. The van der Waals surface area contributed by atoms with E-state index in [0.29, 0.717) is 6.61 Å². The number of nitrogens with two attached hydrogens (primary N) is 1. The summed E-state index contributed by atoms with van der Waals surface area (Å²) < 4.78 is 4.97. The third-order valence-corrected chi connectivity index (χ3v) is 2.35. The van der Waals surface area contributed by atoms with E-state index in [2.05, 4.69) is 10.4 Å². The zero-order chi connectivity index (χ0) is 8.27. The number of hydrogen-bond donors (Lipinski definition) is 2. The lowest BCUT2D eigenvalue weighted by Crippen LogP contribution is -2.05. The molecule has 0 fully saturated rings. The molecule has 1 aromatic heterocycles. The van der Waals surface area contributed by atoms with Gasteiger partial charge in [0, 0.05) is 7.11 Å².